The number of oxazole rings is 1. The molecular weight excluding hydrogens is 349 g/mol. The van der Waals surface area contributed by atoms with Gasteiger partial charge >= 0.3 is 6.36 Å². The van der Waals surface area contributed by atoms with Crippen LogP contribution in [-0.4, -0.2) is 17.3 Å². The molecule has 0 saturated heterocycles. The highest BCUT2D eigenvalue weighted by atomic mass is 19.4. The molecule has 1 fully saturated rings. The standard InChI is InChI=1S/C18H19F3N2O3/c1-11-15(25-12(2)23-11)10-22-16(24)17(7-4-8-17)13-5-3-6-14(9-13)26-18(19,20)21/h3,5-6,9H,4,7-8,10H2,1-2H3,(H,22,24). The third-order valence-corrected chi connectivity index (χ3v) is 4.67. The number of nitrogens with zero attached hydrogens (tertiary/aromatic N) is 1. The minimum absolute atomic E-state index is 0.187. The molecule has 5 nitrogen and oxygen atoms in total. The first kappa shape index (κ1) is 18.3. The molecule has 8 heteroatoms. The molecule has 1 amide bonds. The van der Waals surface area contributed by atoms with Gasteiger partial charge in [0.15, 0.2) is 5.89 Å². The van der Waals surface area contributed by atoms with Crippen LogP contribution in [-0.2, 0) is 16.8 Å². The summed E-state index contributed by atoms with van der Waals surface area (Å²) in [5.74, 6) is 0.527. The van der Waals surface area contributed by atoms with Gasteiger partial charge in [0.1, 0.15) is 11.5 Å². The summed E-state index contributed by atoms with van der Waals surface area (Å²) in [5, 5.41) is 2.83. The van der Waals surface area contributed by atoms with Crippen molar-refractivity contribution in [3.05, 3.63) is 47.2 Å². The number of hydrogen-bond acceptors (Lipinski definition) is 4. The van der Waals surface area contributed by atoms with E-state index < -0.39 is 11.8 Å². The predicted octanol–water partition coefficient (Wildman–Crippen LogP) is 3.93. The van der Waals surface area contributed by atoms with E-state index in [2.05, 4.69) is 15.0 Å². The molecule has 0 aliphatic heterocycles. The van der Waals surface area contributed by atoms with E-state index in [0.29, 0.717) is 35.7 Å². The number of alkyl halides is 3. The Morgan fingerprint density at radius 1 is 1.35 bits per heavy atom. The fraction of sp³-hybridized carbons (Fsp3) is 0.444. The van der Waals surface area contributed by atoms with Crippen LogP contribution in [0.15, 0.2) is 28.7 Å². The Hall–Kier alpha value is -2.51. The number of ether oxygens (including phenoxy) is 1. The Morgan fingerprint density at radius 2 is 2.08 bits per heavy atom. The molecule has 1 N–H and O–H groups in total. The van der Waals surface area contributed by atoms with Crippen LogP contribution >= 0.6 is 0 Å². The highest BCUT2D eigenvalue weighted by Gasteiger charge is 2.46. The van der Waals surface area contributed by atoms with Gasteiger partial charge in [-0.25, -0.2) is 4.98 Å². The number of rotatable bonds is 5. The predicted molar refractivity (Wildman–Crippen MR) is 86.5 cm³/mol. The van der Waals surface area contributed by atoms with E-state index in [4.69, 9.17) is 4.42 Å². The van der Waals surface area contributed by atoms with Crippen molar-refractivity contribution in [2.75, 3.05) is 0 Å². The Bertz CT molecular complexity index is 810. The van der Waals surface area contributed by atoms with Crippen molar-refractivity contribution in [2.45, 2.75) is 51.4 Å². The van der Waals surface area contributed by atoms with Crippen LogP contribution in [0.5, 0.6) is 5.75 Å². The zero-order valence-corrected chi connectivity index (χ0v) is 14.4. The second kappa shape index (κ2) is 6.66. The molecule has 1 aliphatic carbocycles. The fourth-order valence-electron chi connectivity index (χ4n) is 3.24. The molecule has 1 aromatic carbocycles. The Balaban J connectivity index is 1.77. The van der Waals surface area contributed by atoms with Gasteiger partial charge in [0.25, 0.3) is 0 Å². The van der Waals surface area contributed by atoms with Crippen molar-refractivity contribution < 1.29 is 27.1 Å². The number of aromatic nitrogens is 1. The normalized spacial score (nSPS) is 16.0. The number of hydrogen-bond donors (Lipinski definition) is 1. The van der Waals surface area contributed by atoms with Crippen LogP contribution < -0.4 is 10.1 Å². The number of amides is 1. The zero-order valence-electron chi connectivity index (χ0n) is 14.4. The van der Waals surface area contributed by atoms with Gasteiger partial charge in [0.2, 0.25) is 5.91 Å². The van der Waals surface area contributed by atoms with Crippen molar-refractivity contribution in [1.82, 2.24) is 10.3 Å². The van der Waals surface area contributed by atoms with Gasteiger partial charge < -0.3 is 14.5 Å². The maximum Gasteiger partial charge on any atom is 0.573 e. The maximum absolute atomic E-state index is 12.8. The highest BCUT2D eigenvalue weighted by Crippen LogP contribution is 2.45. The van der Waals surface area contributed by atoms with Crippen LogP contribution in [0.1, 0.15) is 42.2 Å². The lowest BCUT2D eigenvalue weighted by Gasteiger charge is -2.40. The fourth-order valence-corrected chi connectivity index (χ4v) is 3.24. The van der Waals surface area contributed by atoms with E-state index in [9.17, 15) is 18.0 Å². The molecule has 2 aromatic rings. The number of aryl methyl sites for hydroxylation is 2. The highest BCUT2D eigenvalue weighted by molar-refractivity contribution is 5.89. The van der Waals surface area contributed by atoms with Crippen LogP contribution in [0.25, 0.3) is 0 Å². The van der Waals surface area contributed by atoms with Gasteiger partial charge in [-0.3, -0.25) is 4.79 Å². The summed E-state index contributed by atoms with van der Waals surface area (Å²) >= 11 is 0. The molecule has 0 radical (unpaired) electrons. The van der Waals surface area contributed by atoms with Gasteiger partial charge in [-0.15, -0.1) is 13.2 Å². The molecule has 26 heavy (non-hydrogen) atoms. The average molecular weight is 368 g/mol. The topological polar surface area (TPSA) is 64.4 Å². The van der Waals surface area contributed by atoms with Crippen LogP contribution in [0, 0.1) is 13.8 Å². The van der Waals surface area contributed by atoms with Crippen molar-refractivity contribution >= 4 is 5.91 Å². The average Bonchev–Trinajstić information content (AvgIpc) is 2.80. The molecule has 1 heterocycles. The summed E-state index contributed by atoms with van der Waals surface area (Å²) in [6.07, 6.45) is -2.79. The maximum atomic E-state index is 12.8. The van der Waals surface area contributed by atoms with E-state index in [1.54, 1.807) is 19.9 Å². The van der Waals surface area contributed by atoms with Crippen LogP contribution in [0.2, 0.25) is 0 Å². The Labute approximate surface area is 148 Å². The Morgan fingerprint density at radius 3 is 2.62 bits per heavy atom. The first-order valence-corrected chi connectivity index (χ1v) is 8.27. The van der Waals surface area contributed by atoms with Crippen molar-refractivity contribution in [3.63, 3.8) is 0 Å². The third kappa shape index (κ3) is 3.68. The van der Waals surface area contributed by atoms with E-state index in [1.807, 2.05) is 0 Å². The number of carbonyl (C=O) groups excluding carboxylic acids is 1. The van der Waals surface area contributed by atoms with Gasteiger partial charge in [0, 0.05) is 6.92 Å². The molecule has 0 spiro atoms. The van der Waals surface area contributed by atoms with Crippen molar-refractivity contribution in [2.24, 2.45) is 0 Å². The summed E-state index contributed by atoms with van der Waals surface area (Å²) in [4.78, 5) is 16.9. The van der Waals surface area contributed by atoms with Gasteiger partial charge in [-0.05, 0) is 37.5 Å². The summed E-state index contributed by atoms with van der Waals surface area (Å²) in [6.45, 7) is 3.69. The quantitative estimate of drug-likeness (QED) is 0.869. The van der Waals surface area contributed by atoms with Gasteiger partial charge in [0.05, 0.1) is 17.7 Å². The van der Waals surface area contributed by atoms with E-state index in [-0.39, 0.29) is 18.2 Å². The second-order valence-corrected chi connectivity index (χ2v) is 6.44. The molecule has 3 rings (SSSR count). The van der Waals surface area contributed by atoms with Gasteiger partial charge in [-0.2, -0.15) is 0 Å². The molecular formula is C18H19F3N2O3. The van der Waals surface area contributed by atoms with Crippen molar-refractivity contribution in [1.29, 1.82) is 0 Å². The smallest absolute Gasteiger partial charge is 0.444 e. The number of halogens is 3. The van der Waals surface area contributed by atoms with Crippen LogP contribution in [0.3, 0.4) is 0 Å². The summed E-state index contributed by atoms with van der Waals surface area (Å²) in [5.41, 5.74) is 0.382. The van der Waals surface area contributed by atoms with Crippen LogP contribution in [0.4, 0.5) is 13.2 Å². The number of benzene rings is 1. The lowest BCUT2D eigenvalue weighted by atomic mass is 9.63. The minimum Gasteiger partial charge on any atom is -0.444 e. The number of nitrogens with one attached hydrogen (secondary N) is 1. The number of carbonyl (C=O) groups is 1. The SMILES string of the molecule is Cc1nc(C)c(CNC(=O)C2(c3cccc(OC(F)(F)F)c3)CCC2)o1. The summed E-state index contributed by atoms with van der Waals surface area (Å²) in [6, 6.07) is 5.64. The summed E-state index contributed by atoms with van der Waals surface area (Å²) in [7, 11) is 0. The second-order valence-electron chi connectivity index (χ2n) is 6.44. The monoisotopic (exact) mass is 368 g/mol. The molecule has 140 valence electrons. The van der Waals surface area contributed by atoms with E-state index >= 15 is 0 Å². The largest absolute Gasteiger partial charge is 0.573 e. The van der Waals surface area contributed by atoms with Gasteiger partial charge in [-0.1, -0.05) is 18.6 Å². The van der Waals surface area contributed by atoms with E-state index in [1.165, 1.54) is 18.2 Å². The zero-order chi connectivity index (χ0) is 18.9. The lowest BCUT2D eigenvalue weighted by Crippen LogP contribution is -2.49. The van der Waals surface area contributed by atoms with E-state index in [0.717, 1.165) is 6.42 Å². The third-order valence-electron chi connectivity index (χ3n) is 4.67. The lowest BCUT2D eigenvalue weighted by molar-refractivity contribution is -0.274. The molecule has 0 bridgehead atoms. The molecule has 1 aliphatic rings. The molecule has 0 atom stereocenters. The molecule has 0 unspecified atom stereocenters. The molecule has 1 aromatic heterocycles. The molecule has 1 saturated carbocycles. The summed E-state index contributed by atoms with van der Waals surface area (Å²) < 4.78 is 46.8. The first-order valence-electron chi connectivity index (χ1n) is 8.27. The minimum atomic E-state index is -4.77. The van der Waals surface area contributed by atoms with Crippen molar-refractivity contribution in [3.8, 4) is 5.75 Å². The first-order chi connectivity index (χ1) is 12.2. The Kier molecular flexibility index (Phi) is 4.68.